The summed E-state index contributed by atoms with van der Waals surface area (Å²) in [7, 11) is 0. The second-order valence-electron chi connectivity index (χ2n) is 7.07. The number of para-hydroxylation sites is 1. The highest BCUT2D eigenvalue weighted by atomic mass is 16.5. The molecule has 0 unspecified atom stereocenters. The Morgan fingerprint density at radius 2 is 1.43 bits per heavy atom. The normalized spacial score (nSPS) is 10.4. The van der Waals surface area contributed by atoms with Crippen molar-refractivity contribution in [3.05, 3.63) is 78.9 Å². The van der Waals surface area contributed by atoms with Crippen molar-refractivity contribution in [3.63, 3.8) is 0 Å². The lowest BCUT2D eigenvalue weighted by Crippen LogP contribution is -2.22. The van der Waals surface area contributed by atoms with Crippen LogP contribution >= 0.6 is 0 Å². The number of carbonyl (C=O) groups excluding carboxylic acids is 2. The lowest BCUT2D eigenvalue weighted by Gasteiger charge is -2.11. The van der Waals surface area contributed by atoms with Gasteiger partial charge in [-0.3, -0.25) is 9.59 Å². The Morgan fingerprint density at radius 3 is 2.13 bits per heavy atom. The molecule has 0 aliphatic heterocycles. The van der Waals surface area contributed by atoms with Crippen LogP contribution in [0, 0.1) is 5.92 Å². The van der Waals surface area contributed by atoms with E-state index in [9.17, 15) is 9.59 Å². The van der Waals surface area contributed by atoms with Gasteiger partial charge in [0.05, 0.1) is 6.54 Å². The van der Waals surface area contributed by atoms with Crippen LogP contribution in [0.2, 0.25) is 0 Å². The molecule has 3 aromatic carbocycles. The van der Waals surface area contributed by atoms with Crippen LogP contribution in [-0.4, -0.2) is 18.4 Å². The van der Waals surface area contributed by atoms with Crippen molar-refractivity contribution in [2.45, 2.75) is 13.8 Å². The number of hydrogen-bond acceptors (Lipinski definition) is 4. The summed E-state index contributed by atoms with van der Waals surface area (Å²) in [4.78, 5) is 24.1. The molecule has 6 heteroatoms. The summed E-state index contributed by atoms with van der Waals surface area (Å²) in [6.45, 7) is 3.77. The predicted molar refractivity (Wildman–Crippen MR) is 120 cm³/mol. The van der Waals surface area contributed by atoms with E-state index in [1.807, 2.05) is 62.4 Å². The predicted octanol–water partition coefficient (Wildman–Crippen LogP) is 5.12. The molecule has 30 heavy (non-hydrogen) atoms. The summed E-state index contributed by atoms with van der Waals surface area (Å²) in [5.74, 6) is 1.12. The van der Waals surface area contributed by atoms with E-state index in [-0.39, 0.29) is 24.3 Å². The van der Waals surface area contributed by atoms with Crippen LogP contribution in [0.5, 0.6) is 11.5 Å². The van der Waals surface area contributed by atoms with Gasteiger partial charge in [0.25, 0.3) is 0 Å². The van der Waals surface area contributed by atoms with Gasteiger partial charge in [0.2, 0.25) is 11.8 Å². The van der Waals surface area contributed by atoms with Crippen LogP contribution in [-0.2, 0) is 9.59 Å². The molecule has 0 heterocycles. The second-order valence-corrected chi connectivity index (χ2v) is 7.07. The van der Waals surface area contributed by atoms with Gasteiger partial charge >= 0.3 is 0 Å². The maximum absolute atomic E-state index is 12.2. The Labute approximate surface area is 176 Å². The quantitative estimate of drug-likeness (QED) is 0.487. The van der Waals surface area contributed by atoms with E-state index in [0.29, 0.717) is 17.1 Å². The van der Waals surface area contributed by atoms with E-state index in [2.05, 4.69) is 16.0 Å². The third-order valence-corrected chi connectivity index (χ3v) is 4.22. The Balaban J connectivity index is 1.49. The molecule has 0 bridgehead atoms. The number of hydrogen-bond donors (Lipinski definition) is 3. The lowest BCUT2D eigenvalue weighted by atomic mass is 10.2. The first-order valence-electron chi connectivity index (χ1n) is 9.77. The Bertz CT molecular complexity index is 986. The second kappa shape index (κ2) is 10.1. The third kappa shape index (κ3) is 6.38. The molecule has 0 aliphatic carbocycles. The summed E-state index contributed by atoms with van der Waals surface area (Å²) in [5.41, 5.74) is 2.12. The van der Waals surface area contributed by atoms with Crippen molar-refractivity contribution in [1.29, 1.82) is 0 Å². The molecule has 2 amide bonds. The fraction of sp³-hybridized carbons (Fsp3) is 0.167. The molecule has 0 aliphatic rings. The Morgan fingerprint density at radius 1 is 0.767 bits per heavy atom. The van der Waals surface area contributed by atoms with Crippen molar-refractivity contribution >= 4 is 28.9 Å². The summed E-state index contributed by atoms with van der Waals surface area (Å²) in [5, 5.41) is 8.74. The van der Waals surface area contributed by atoms with Crippen molar-refractivity contribution in [2.75, 3.05) is 22.5 Å². The molecule has 3 aromatic rings. The summed E-state index contributed by atoms with van der Waals surface area (Å²) < 4.78 is 5.74. The van der Waals surface area contributed by atoms with E-state index < -0.39 is 0 Å². The lowest BCUT2D eigenvalue weighted by molar-refractivity contribution is -0.119. The highest BCUT2D eigenvalue weighted by molar-refractivity contribution is 5.94. The largest absolute Gasteiger partial charge is 0.457 e. The van der Waals surface area contributed by atoms with Crippen LogP contribution in [0.15, 0.2) is 78.9 Å². The molecule has 0 saturated carbocycles. The van der Waals surface area contributed by atoms with E-state index in [4.69, 9.17) is 4.74 Å². The molecule has 0 radical (unpaired) electrons. The van der Waals surface area contributed by atoms with Gasteiger partial charge < -0.3 is 20.7 Å². The first-order chi connectivity index (χ1) is 14.5. The molecular formula is C24H25N3O3. The van der Waals surface area contributed by atoms with E-state index in [1.54, 1.807) is 30.3 Å². The number of ether oxygens (including phenoxy) is 1. The topological polar surface area (TPSA) is 79.5 Å². The van der Waals surface area contributed by atoms with Crippen molar-refractivity contribution in [1.82, 2.24) is 0 Å². The van der Waals surface area contributed by atoms with E-state index in [0.717, 1.165) is 11.4 Å². The molecule has 0 fully saturated rings. The van der Waals surface area contributed by atoms with Gasteiger partial charge in [-0.1, -0.05) is 38.1 Å². The van der Waals surface area contributed by atoms with Crippen LogP contribution in [0.3, 0.4) is 0 Å². The smallest absolute Gasteiger partial charge is 0.243 e. The van der Waals surface area contributed by atoms with Crippen LogP contribution in [0.25, 0.3) is 0 Å². The van der Waals surface area contributed by atoms with Crippen LogP contribution in [0.1, 0.15) is 13.8 Å². The Kier molecular flexibility index (Phi) is 7.05. The minimum absolute atomic E-state index is 0.0513. The average Bonchev–Trinajstić information content (AvgIpc) is 2.75. The molecule has 0 saturated heterocycles. The third-order valence-electron chi connectivity index (χ3n) is 4.22. The monoisotopic (exact) mass is 403 g/mol. The highest BCUT2D eigenvalue weighted by Crippen LogP contribution is 2.22. The first-order valence-corrected chi connectivity index (χ1v) is 9.77. The number of benzene rings is 3. The maximum atomic E-state index is 12.2. The SMILES string of the molecule is CC(C)C(=O)Nc1cccc(NCC(=O)Nc2ccc(Oc3ccccc3)cc2)c1. The minimum Gasteiger partial charge on any atom is -0.457 e. The molecule has 0 spiro atoms. The number of carbonyl (C=O) groups is 2. The molecular weight excluding hydrogens is 378 g/mol. The zero-order valence-electron chi connectivity index (χ0n) is 17.0. The van der Waals surface area contributed by atoms with Gasteiger partial charge in [0.1, 0.15) is 11.5 Å². The number of anilines is 3. The van der Waals surface area contributed by atoms with E-state index in [1.165, 1.54) is 0 Å². The van der Waals surface area contributed by atoms with Crippen LogP contribution < -0.4 is 20.7 Å². The van der Waals surface area contributed by atoms with Gasteiger partial charge in [-0.25, -0.2) is 0 Å². The molecule has 3 N–H and O–H groups in total. The fourth-order valence-electron chi connectivity index (χ4n) is 2.61. The zero-order valence-corrected chi connectivity index (χ0v) is 17.0. The van der Waals surface area contributed by atoms with Crippen molar-refractivity contribution < 1.29 is 14.3 Å². The number of rotatable bonds is 8. The van der Waals surface area contributed by atoms with Gasteiger partial charge in [-0.05, 0) is 54.6 Å². The van der Waals surface area contributed by atoms with Gasteiger partial charge in [0.15, 0.2) is 0 Å². The summed E-state index contributed by atoms with van der Waals surface area (Å²) in [6.07, 6.45) is 0. The zero-order chi connectivity index (χ0) is 21.3. The standard InChI is InChI=1S/C24H25N3O3/c1-17(2)24(29)27-20-8-6-7-19(15-20)25-16-23(28)26-18-11-13-22(14-12-18)30-21-9-4-3-5-10-21/h3-15,17,25H,16H2,1-2H3,(H,26,28)(H,27,29). The summed E-state index contributed by atoms with van der Waals surface area (Å²) >= 11 is 0. The van der Waals surface area contributed by atoms with E-state index >= 15 is 0 Å². The maximum Gasteiger partial charge on any atom is 0.243 e. The Hall–Kier alpha value is -3.80. The van der Waals surface area contributed by atoms with Gasteiger partial charge in [-0.15, -0.1) is 0 Å². The van der Waals surface area contributed by atoms with Crippen molar-refractivity contribution in [3.8, 4) is 11.5 Å². The molecule has 6 nitrogen and oxygen atoms in total. The molecule has 3 rings (SSSR count). The highest BCUT2D eigenvalue weighted by Gasteiger charge is 2.08. The van der Waals surface area contributed by atoms with Crippen molar-refractivity contribution in [2.24, 2.45) is 5.92 Å². The minimum atomic E-state index is -0.177. The average molecular weight is 403 g/mol. The van der Waals surface area contributed by atoms with Gasteiger partial charge in [0, 0.05) is 23.0 Å². The molecule has 0 aromatic heterocycles. The summed E-state index contributed by atoms with van der Waals surface area (Å²) in [6, 6.07) is 24.0. The molecule has 0 atom stereocenters. The van der Waals surface area contributed by atoms with Gasteiger partial charge in [-0.2, -0.15) is 0 Å². The first kappa shape index (κ1) is 20.9. The van der Waals surface area contributed by atoms with Crippen LogP contribution in [0.4, 0.5) is 17.1 Å². The fourth-order valence-corrected chi connectivity index (χ4v) is 2.61. The number of amides is 2. The number of nitrogens with one attached hydrogen (secondary N) is 3. The molecule has 154 valence electrons.